The van der Waals surface area contributed by atoms with E-state index in [9.17, 15) is 0 Å². The van der Waals surface area contributed by atoms with Crippen molar-refractivity contribution >= 4 is 17.4 Å². The molecule has 5 nitrogen and oxygen atoms in total. The molecule has 76 valence electrons. The highest BCUT2D eigenvalue weighted by molar-refractivity contribution is 7.99. The maximum absolute atomic E-state index is 5.47. The van der Waals surface area contributed by atoms with Crippen LogP contribution in [-0.4, -0.2) is 19.9 Å². The first-order valence-corrected chi connectivity index (χ1v) is 5.10. The fraction of sp³-hybridized carbons (Fsp3) is 0.111. The van der Waals surface area contributed by atoms with Crippen molar-refractivity contribution in [3.8, 4) is 0 Å². The summed E-state index contributed by atoms with van der Waals surface area (Å²) in [5, 5.41) is 1.22. The third-order valence-corrected chi connectivity index (χ3v) is 2.37. The minimum atomic E-state index is 0.546. The lowest BCUT2D eigenvalue weighted by atomic mass is 10.4. The van der Waals surface area contributed by atoms with Crippen LogP contribution in [0.25, 0.3) is 0 Å². The lowest BCUT2D eigenvalue weighted by Crippen LogP contribution is -1.92. The van der Waals surface area contributed by atoms with Crippen molar-refractivity contribution in [2.75, 3.05) is 5.73 Å². The normalized spacial score (nSPS) is 10.2. The largest absolute Gasteiger partial charge is 0.396 e. The Morgan fingerprint density at radius 1 is 0.933 bits per heavy atom. The highest BCUT2D eigenvalue weighted by atomic mass is 32.2. The van der Waals surface area contributed by atoms with E-state index in [1.807, 2.05) is 6.92 Å². The predicted molar refractivity (Wildman–Crippen MR) is 57.3 cm³/mol. The maximum atomic E-state index is 5.47. The molecule has 0 saturated carbocycles. The van der Waals surface area contributed by atoms with Crippen LogP contribution in [0.3, 0.4) is 0 Å². The number of aromatic nitrogens is 4. The standard InChI is InChI=1S/C9H9N5S/c1-6-2-11-8(12-3-6)15-9-13-4-7(10)5-14-9/h2-5H,10H2,1H3. The van der Waals surface area contributed by atoms with Crippen LogP contribution in [0.4, 0.5) is 5.69 Å². The SMILES string of the molecule is Cc1cnc(Sc2ncc(N)cn2)nc1. The second-order valence-electron chi connectivity index (χ2n) is 2.94. The molecule has 6 heteroatoms. The molecule has 2 aromatic rings. The van der Waals surface area contributed by atoms with Gasteiger partial charge in [-0.15, -0.1) is 0 Å². The molecule has 0 radical (unpaired) electrons. The number of aryl methyl sites for hydroxylation is 1. The molecule has 0 atom stereocenters. The summed E-state index contributed by atoms with van der Waals surface area (Å²) >= 11 is 1.30. The summed E-state index contributed by atoms with van der Waals surface area (Å²) in [7, 11) is 0. The van der Waals surface area contributed by atoms with Gasteiger partial charge in [-0.05, 0) is 24.2 Å². The highest BCUT2D eigenvalue weighted by Crippen LogP contribution is 2.19. The van der Waals surface area contributed by atoms with Gasteiger partial charge in [0, 0.05) is 12.4 Å². The second kappa shape index (κ2) is 4.22. The zero-order valence-corrected chi connectivity index (χ0v) is 8.90. The Labute approximate surface area is 91.2 Å². The molecule has 0 aliphatic rings. The summed E-state index contributed by atoms with van der Waals surface area (Å²) in [6.07, 6.45) is 6.63. The molecule has 0 aromatic carbocycles. The minimum absolute atomic E-state index is 0.546. The number of nitrogen functional groups attached to an aromatic ring is 1. The van der Waals surface area contributed by atoms with E-state index < -0.39 is 0 Å². The molecular weight excluding hydrogens is 210 g/mol. The lowest BCUT2D eigenvalue weighted by Gasteiger charge is -1.98. The number of rotatable bonds is 2. The van der Waals surface area contributed by atoms with Crippen LogP contribution in [0.1, 0.15) is 5.56 Å². The quantitative estimate of drug-likeness (QED) is 0.767. The monoisotopic (exact) mass is 219 g/mol. The summed E-state index contributed by atoms with van der Waals surface area (Å²) in [4.78, 5) is 16.4. The van der Waals surface area contributed by atoms with Gasteiger partial charge in [0.1, 0.15) is 0 Å². The highest BCUT2D eigenvalue weighted by Gasteiger charge is 2.02. The van der Waals surface area contributed by atoms with E-state index in [4.69, 9.17) is 5.73 Å². The molecule has 2 heterocycles. The van der Waals surface area contributed by atoms with Gasteiger partial charge in [-0.2, -0.15) is 0 Å². The molecule has 0 bridgehead atoms. The molecule has 0 spiro atoms. The van der Waals surface area contributed by atoms with Gasteiger partial charge in [-0.1, -0.05) is 0 Å². The van der Waals surface area contributed by atoms with Gasteiger partial charge in [0.15, 0.2) is 10.3 Å². The zero-order chi connectivity index (χ0) is 10.7. The molecule has 0 saturated heterocycles. The van der Waals surface area contributed by atoms with Crippen LogP contribution in [0.2, 0.25) is 0 Å². The molecule has 0 aliphatic heterocycles. The van der Waals surface area contributed by atoms with Crippen LogP contribution in [-0.2, 0) is 0 Å². The van der Waals surface area contributed by atoms with E-state index in [-0.39, 0.29) is 0 Å². The van der Waals surface area contributed by atoms with Crippen molar-refractivity contribution in [1.82, 2.24) is 19.9 Å². The third kappa shape index (κ3) is 2.63. The van der Waals surface area contributed by atoms with Crippen molar-refractivity contribution in [2.45, 2.75) is 17.2 Å². The van der Waals surface area contributed by atoms with Crippen molar-refractivity contribution in [3.05, 3.63) is 30.4 Å². The van der Waals surface area contributed by atoms with E-state index in [1.165, 1.54) is 11.8 Å². The molecule has 2 N–H and O–H groups in total. The van der Waals surface area contributed by atoms with Gasteiger partial charge in [0.2, 0.25) is 0 Å². The van der Waals surface area contributed by atoms with E-state index >= 15 is 0 Å². The fourth-order valence-corrected chi connectivity index (χ4v) is 1.48. The van der Waals surface area contributed by atoms with Gasteiger partial charge >= 0.3 is 0 Å². The van der Waals surface area contributed by atoms with Crippen LogP contribution in [0.5, 0.6) is 0 Å². The van der Waals surface area contributed by atoms with Gasteiger partial charge in [-0.3, -0.25) is 0 Å². The summed E-state index contributed by atoms with van der Waals surface area (Å²) in [6.45, 7) is 1.94. The smallest absolute Gasteiger partial charge is 0.195 e. The topological polar surface area (TPSA) is 77.6 Å². The minimum Gasteiger partial charge on any atom is -0.396 e. The molecule has 0 unspecified atom stereocenters. The Hall–Kier alpha value is -1.69. The van der Waals surface area contributed by atoms with Crippen molar-refractivity contribution in [1.29, 1.82) is 0 Å². The molecule has 2 rings (SSSR count). The molecule has 0 amide bonds. The number of anilines is 1. The summed E-state index contributed by atoms with van der Waals surface area (Å²) in [5.74, 6) is 0. The van der Waals surface area contributed by atoms with Gasteiger partial charge < -0.3 is 5.73 Å². The van der Waals surface area contributed by atoms with Crippen LogP contribution in [0.15, 0.2) is 35.1 Å². The fourth-order valence-electron chi connectivity index (χ4n) is 0.894. The number of hydrogen-bond acceptors (Lipinski definition) is 6. The Morgan fingerprint density at radius 2 is 1.40 bits per heavy atom. The van der Waals surface area contributed by atoms with Crippen molar-refractivity contribution in [2.24, 2.45) is 0 Å². The number of nitrogens with zero attached hydrogens (tertiary/aromatic N) is 4. The van der Waals surface area contributed by atoms with E-state index in [0.29, 0.717) is 16.0 Å². The Morgan fingerprint density at radius 3 is 1.93 bits per heavy atom. The zero-order valence-electron chi connectivity index (χ0n) is 8.08. The maximum Gasteiger partial charge on any atom is 0.195 e. The van der Waals surface area contributed by atoms with E-state index in [0.717, 1.165) is 5.56 Å². The number of hydrogen-bond donors (Lipinski definition) is 1. The predicted octanol–water partition coefficient (Wildman–Crippen LogP) is 1.31. The van der Waals surface area contributed by atoms with Crippen molar-refractivity contribution in [3.63, 3.8) is 0 Å². The van der Waals surface area contributed by atoms with Crippen LogP contribution >= 0.6 is 11.8 Å². The first-order chi connectivity index (χ1) is 7.24. The lowest BCUT2D eigenvalue weighted by molar-refractivity contribution is 0.920. The first kappa shape index (κ1) is 9.85. The molecule has 15 heavy (non-hydrogen) atoms. The second-order valence-corrected chi connectivity index (χ2v) is 3.88. The van der Waals surface area contributed by atoms with E-state index in [2.05, 4.69) is 19.9 Å². The molecule has 2 aromatic heterocycles. The number of nitrogens with two attached hydrogens (primary N) is 1. The van der Waals surface area contributed by atoms with E-state index in [1.54, 1.807) is 24.8 Å². The van der Waals surface area contributed by atoms with Crippen molar-refractivity contribution < 1.29 is 0 Å². The Balaban J connectivity index is 2.15. The average Bonchev–Trinajstić information content (AvgIpc) is 2.25. The third-order valence-electron chi connectivity index (χ3n) is 1.59. The summed E-state index contributed by atoms with van der Waals surface area (Å²) in [5.41, 5.74) is 7.05. The summed E-state index contributed by atoms with van der Waals surface area (Å²) in [6, 6.07) is 0. The first-order valence-electron chi connectivity index (χ1n) is 4.28. The molecule has 0 aliphatic carbocycles. The van der Waals surface area contributed by atoms with Gasteiger partial charge in [0.05, 0.1) is 18.1 Å². The molecule has 0 fully saturated rings. The van der Waals surface area contributed by atoms with Gasteiger partial charge in [0.25, 0.3) is 0 Å². The summed E-state index contributed by atoms with van der Waals surface area (Å²) < 4.78 is 0. The van der Waals surface area contributed by atoms with Crippen LogP contribution < -0.4 is 5.73 Å². The Bertz CT molecular complexity index is 396. The van der Waals surface area contributed by atoms with Crippen LogP contribution in [0, 0.1) is 6.92 Å². The Kier molecular flexibility index (Phi) is 2.77. The average molecular weight is 219 g/mol. The molecular formula is C9H9N5S. The van der Waals surface area contributed by atoms with Gasteiger partial charge in [-0.25, -0.2) is 19.9 Å².